The molecule has 10 heteroatoms. The van der Waals surface area contributed by atoms with Gasteiger partial charge in [-0.3, -0.25) is 0 Å². The second-order valence-electron chi connectivity index (χ2n) is 5.04. The van der Waals surface area contributed by atoms with E-state index in [0.717, 1.165) is 6.04 Å². The third-order valence-electron chi connectivity index (χ3n) is 2.94. The maximum atomic E-state index is 12.2. The van der Waals surface area contributed by atoms with Crippen LogP contribution in [0.2, 0.25) is 32.2 Å². The predicted octanol–water partition coefficient (Wildman–Crippen LogP) is 0.800. The molecule has 1 N–H and O–H groups in total. The lowest BCUT2D eigenvalue weighted by atomic mass is 10.2. The van der Waals surface area contributed by atoms with Gasteiger partial charge in [0.25, 0.3) is 27.9 Å². The molecule has 1 saturated heterocycles. The van der Waals surface area contributed by atoms with Crippen LogP contribution >= 0.6 is 0 Å². The fraction of sp³-hybridized carbons (Fsp3) is 1.00. The first-order valence-electron chi connectivity index (χ1n) is 6.75. The van der Waals surface area contributed by atoms with Crippen LogP contribution in [0.3, 0.4) is 0 Å². The molecule has 19 heavy (non-hydrogen) atoms. The van der Waals surface area contributed by atoms with Gasteiger partial charge in [-0.15, -0.1) is 0 Å². The van der Waals surface area contributed by atoms with Crippen LogP contribution in [-0.2, 0) is 16.5 Å². The van der Waals surface area contributed by atoms with Crippen LogP contribution in [0.4, 0.5) is 4.39 Å². The zero-order valence-corrected chi connectivity index (χ0v) is 16.6. The Morgan fingerprint density at radius 3 is 2.11 bits per heavy atom. The highest BCUT2D eigenvalue weighted by Gasteiger charge is 2.38. The van der Waals surface area contributed by atoms with Crippen molar-refractivity contribution in [3.8, 4) is 0 Å². The van der Waals surface area contributed by atoms with Crippen molar-refractivity contribution in [2.75, 3.05) is 6.67 Å². The highest BCUT2D eigenvalue weighted by molar-refractivity contribution is 6.81. The van der Waals surface area contributed by atoms with Crippen LogP contribution in [0.15, 0.2) is 0 Å². The lowest BCUT2D eigenvalue weighted by Crippen LogP contribution is -2.53. The van der Waals surface area contributed by atoms with E-state index in [1.54, 1.807) is 0 Å². The van der Waals surface area contributed by atoms with Gasteiger partial charge in [-0.05, 0) is 45.1 Å². The molecule has 3 unspecified atom stereocenters. The summed E-state index contributed by atoms with van der Waals surface area (Å²) in [6.07, 6.45) is 0.295. The minimum Gasteiger partial charge on any atom is -0.420 e. The van der Waals surface area contributed by atoms with Crippen LogP contribution in [-0.4, -0.2) is 54.3 Å². The molecule has 0 aromatic carbocycles. The maximum absolute atomic E-state index is 12.2. The normalized spacial score (nSPS) is 38.5. The van der Waals surface area contributed by atoms with Gasteiger partial charge in [0, 0.05) is 0 Å². The minimum absolute atomic E-state index is 0.449. The first kappa shape index (κ1) is 17.6. The number of rotatable bonds is 5. The molecule has 1 heterocycles. The highest BCUT2D eigenvalue weighted by Crippen LogP contribution is 2.23. The van der Waals surface area contributed by atoms with Gasteiger partial charge in [-0.1, -0.05) is 0 Å². The summed E-state index contributed by atoms with van der Waals surface area (Å²) in [7, 11) is -7.27. The molecular weight excluding hydrogens is 319 g/mol. The Morgan fingerprint density at radius 2 is 1.63 bits per heavy atom. The average Bonchev–Trinajstić information content (AvgIpc) is 2.25. The summed E-state index contributed by atoms with van der Waals surface area (Å²) in [6, 6.07) is 0.751. The van der Waals surface area contributed by atoms with E-state index in [1.807, 2.05) is 26.2 Å². The Labute approximate surface area is 120 Å². The van der Waals surface area contributed by atoms with Crippen molar-refractivity contribution in [2.24, 2.45) is 0 Å². The first-order valence-corrected chi connectivity index (χ1v) is 15.6. The Kier molecular flexibility index (Phi) is 7.56. The summed E-state index contributed by atoms with van der Waals surface area (Å²) < 4.78 is 36.0. The van der Waals surface area contributed by atoms with Gasteiger partial charge in [0.05, 0.1) is 6.10 Å². The predicted molar refractivity (Wildman–Crippen MR) is 81.0 cm³/mol. The zero-order chi connectivity index (χ0) is 14.5. The molecule has 5 nitrogen and oxygen atoms in total. The molecule has 1 rings (SSSR count). The number of hydrogen-bond acceptors (Lipinski definition) is 5. The topological polar surface area (TPSA) is 57.2 Å². The van der Waals surface area contributed by atoms with E-state index in [2.05, 4.69) is 0 Å². The molecule has 1 aliphatic rings. The lowest BCUT2D eigenvalue weighted by Gasteiger charge is -2.37. The molecule has 0 aromatic rings. The first-order chi connectivity index (χ1) is 8.84. The third-order valence-corrected chi connectivity index (χ3v) is 17.0. The fourth-order valence-corrected chi connectivity index (χ4v) is 16.9. The smallest absolute Gasteiger partial charge is 0.316 e. The molecular formula is C9H25FO5Si4. The van der Waals surface area contributed by atoms with E-state index in [1.165, 1.54) is 0 Å². The monoisotopic (exact) mass is 344 g/mol. The maximum Gasteiger partial charge on any atom is 0.316 e. The van der Waals surface area contributed by atoms with Crippen molar-refractivity contribution < 1.29 is 26.0 Å². The van der Waals surface area contributed by atoms with E-state index in [4.69, 9.17) is 16.5 Å². The SMILES string of the molecule is C[SiH]1O[SiH](C)O[Si](C)(CCCC(O)CF)O[SiH](C)O1. The number of aliphatic hydroxyl groups is 1. The molecule has 114 valence electrons. The van der Waals surface area contributed by atoms with Gasteiger partial charge in [-0.2, -0.15) is 0 Å². The van der Waals surface area contributed by atoms with Gasteiger partial charge >= 0.3 is 8.56 Å². The van der Waals surface area contributed by atoms with Crippen LogP contribution < -0.4 is 0 Å². The number of aliphatic hydroxyl groups excluding tert-OH is 1. The van der Waals surface area contributed by atoms with Crippen molar-refractivity contribution in [3.63, 3.8) is 0 Å². The largest absolute Gasteiger partial charge is 0.420 e. The van der Waals surface area contributed by atoms with Crippen molar-refractivity contribution in [3.05, 3.63) is 0 Å². The zero-order valence-electron chi connectivity index (χ0n) is 12.1. The van der Waals surface area contributed by atoms with Gasteiger partial charge in [0.2, 0.25) is 0 Å². The Hall–Kier alpha value is 0.598. The Morgan fingerprint density at radius 1 is 1.11 bits per heavy atom. The van der Waals surface area contributed by atoms with E-state index >= 15 is 0 Å². The summed E-state index contributed by atoms with van der Waals surface area (Å²) in [5, 5.41) is 9.24. The highest BCUT2D eigenvalue weighted by atomic mass is 28.5. The van der Waals surface area contributed by atoms with Crippen molar-refractivity contribution >= 4 is 36.4 Å². The summed E-state index contributed by atoms with van der Waals surface area (Å²) in [5.74, 6) is 0. The number of alkyl halides is 1. The molecule has 0 bridgehead atoms. The molecule has 1 aliphatic heterocycles. The summed E-state index contributed by atoms with van der Waals surface area (Å²) in [6.45, 7) is 7.32. The summed E-state index contributed by atoms with van der Waals surface area (Å²) >= 11 is 0. The molecule has 1 fully saturated rings. The molecule has 0 spiro atoms. The van der Waals surface area contributed by atoms with E-state index in [0.29, 0.717) is 12.8 Å². The number of hydrogen-bond donors (Lipinski definition) is 1. The van der Waals surface area contributed by atoms with E-state index in [9.17, 15) is 9.50 Å². The van der Waals surface area contributed by atoms with Crippen LogP contribution in [0.25, 0.3) is 0 Å². The third kappa shape index (κ3) is 6.73. The van der Waals surface area contributed by atoms with E-state index < -0.39 is 49.2 Å². The van der Waals surface area contributed by atoms with Gasteiger partial charge in [0.1, 0.15) is 6.67 Å². The Balaban J connectivity index is 2.51. The minimum atomic E-state index is -2.29. The van der Waals surface area contributed by atoms with Crippen LogP contribution in [0.5, 0.6) is 0 Å². The molecule has 0 saturated carbocycles. The fourth-order valence-electron chi connectivity index (χ4n) is 2.21. The summed E-state index contributed by atoms with van der Waals surface area (Å²) in [5.41, 5.74) is 0. The lowest BCUT2D eigenvalue weighted by molar-refractivity contribution is 0.129. The van der Waals surface area contributed by atoms with Gasteiger partial charge < -0.3 is 21.6 Å². The average molecular weight is 345 g/mol. The molecule has 0 amide bonds. The quantitative estimate of drug-likeness (QED) is 0.748. The Bertz CT molecular complexity index is 261. The molecule has 0 radical (unpaired) electrons. The standard InChI is InChI=1S/C9H25FO5Si4/c1-16-12-17(2)14-19(4,15-18(3)13-16)7-5-6-9(11)8-10/h9,11,16-18H,5-8H2,1-4H3. The molecule has 0 aromatic heterocycles. The summed E-state index contributed by atoms with van der Waals surface area (Å²) in [4.78, 5) is 0. The molecule has 3 atom stereocenters. The van der Waals surface area contributed by atoms with E-state index in [-0.39, 0.29) is 0 Å². The second-order valence-corrected chi connectivity index (χ2v) is 15.3. The molecule has 0 aliphatic carbocycles. The second kappa shape index (κ2) is 8.14. The van der Waals surface area contributed by atoms with Gasteiger partial charge in [0.15, 0.2) is 0 Å². The van der Waals surface area contributed by atoms with Crippen molar-refractivity contribution in [1.82, 2.24) is 0 Å². The van der Waals surface area contributed by atoms with Gasteiger partial charge in [-0.25, -0.2) is 4.39 Å². The van der Waals surface area contributed by atoms with Crippen molar-refractivity contribution in [1.29, 1.82) is 0 Å². The van der Waals surface area contributed by atoms with Crippen LogP contribution in [0.1, 0.15) is 12.8 Å². The number of halogens is 1. The van der Waals surface area contributed by atoms with Crippen LogP contribution in [0, 0.1) is 0 Å². The van der Waals surface area contributed by atoms with Crippen molar-refractivity contribution in [2.45, 2.75) is 51.2 Å².